The number of carbonyl (C=O) groups is 1. The van der Waals surface area contributed by atoms with Crippen LogP contribution in [0.1, 0.15) is 19.4 Å². The molecule has 2 aromatic carbocycles. The molecule has 0 aliphatic rings. The minimum Gasteiger partial charge on any atom is -0.326 e. The molecule has 1 amide bonds. The maximum absolute atomic E-state index is 11.7. The van der Waals surface area contributed by atoms with E-state index in [9.17, 15) is 4.79 Å². The van der Waals surface area contributed by atoms with Gasteiger partial charge in [-0.05, 0) is 35.7 Å². The van der Waals surface area contributed by atoms with E-state index in [1.807, 2.05) is 50.2 Å². The van der Waals surface area contributed by atoms with E-state index >= 15 is 0 Å². The second-order valence-electron chi connectivity index (χ2n) is 5.04. The highest BCUT2D eigenvalue weighted by atomic mass is 16.1. The smallest absolute Gasteiger partial charge is 0.226 e. The predicted octanol–water partition coefficient (Wildman–Crippen LogP) is 4.26. The molecule has 2 rings (SSSR count). The van der Waals surface area contributed by atoms with Gasteiger partial charge in [-0.1, -0.05) is 50.2 Å². The Bertz CT molecular complexity index is 573. The number of hydrogen-bond acceptors (Lipinski definition) is 1. The summed E-state index contributed by atoms with van der Waals surface area (Å²) in [6.07, 6.45) is 0. The normalized spacial score (nSPS) is 10.5. The molecule has 2 heteroatoms. The molecule has 0 radical (unpaired) electrons. The highest BCUT2D eigenvalue weighted by Gasteiger charge is 2.08. The van der Waals surface area contributed by atoms with Gasteiger partial charge >= 0.3 is 0 Å². The van der Waals surface area contributed by atoms with Crippen molar-refractivity contribution in [1.29, 1.82) is 0 Å². The van der Waals surface area contributed by atoms with E-state index in [1.165, 1.54) is 11.1 Å². The average Bonchev–Trinajstić information content (AvgIpc) is 2.41. The first-order chi connectivity index (χ1) is 9.08. The van der Waals surface area contributed by atoms with Crippen LogP contribution in [0.25, 0.3) is 11.1 Å². The molecule has 0 aliphatic heterocycles. The van der Waals surface area contributed by atoms with Crippen molar-refractivity contribution in [3.05, 3.63) is 54.1 Å². The Morgan fingerprint density at radius 1 is 1.05 bits per heavy atom. The van der Waals surface area contributed by atoms with Crippen LogP contribution in [0.2, 0.25) is 0 Å². The fourth-order valence-corrected chi connectivity index (χ4v) is 1.92. The van der Waals surface area contributed by atoms with Gasteiger partial charge in [0.1, 0.15) is 0 Å². The molecule has 0 unspecified atom stereocenters. The summed E-state index contributed by atoms with van der Waals surface area (Å²) in [6, 6.07) is 16.2. The third-order valence-electron chi connectivity index (χ3n) is 3.11. The van der Waals surface area contributed by atoms with E-state index in [4.69, 9.17) is 0 Å². The third kappa shape index (κ3) is 3.22. The van der Waals surface area contributed by atoms with E-state index in [0.717, 1.165) is 11.3 Å². The van der Waals surface area contributed by atoms with Crippen LogP contribution in [0.5, 0.6) is 0 Å². The molecular weight excluding hydrogens is 234 g/mol. The average molecular weight is 253 g/mol. The molecule has 0 saturated heterocycles. The Balaban J connectivity index is 2.33. The first-order valence-corrected chi connectivity index (χ1v) is 6.55. The van der Waals surface area contributed by atoms with Crippen molar-refractivity contribution in [2.45, 2.75) is 20.8 Å². The molecule has 0 saturated carbocycles. The van der Waals surface area contributed by atoms with Gasteiger partial charge in [-0.3, -0.25) is 4.79 Å². The largest absolute Gasteiger partial charge is 0.326 e. The molecule has 0 bridgehead atoms. The Labute approximate surface area is 114 Å². The van der Waals surface area contributed by atoms with Gasteiger partial charge in [0.15, 0.2) is 0 Å². The Kier molecular flexibility index (Phi) is 4.00. The molecule has 2 nitrogen and oxygen atoms in total. The van der Waals surface area contributed by atoms with E-state index in [0.29, 0.717) is 0 Å². The lowest BCUT2D eigenvalue weighted by Gasteiger charge is -2.11. The SMILES string of the molecule is Cc1ccc(NC(=O)C(C)C)cc1-c1ccccc1. The molecule has 0 heterocycles. The summed E-state index contributed by atoms with van der Waals surface area (Å²) in [4.78, 5) is 11.7. The minimum absolute atomic E-state index is 0.0125. The van der Waals surface area contributed by atoms with Crippen molar-refractivity contribution in [3.63, 3.8) is 0 Å². The molecule has 2 aromatic rings. The van der Waals surface area contributed by atoms with E-state index in [1.54, 1.807) is 0 Å². The molecular formula is C17H19NO. The zero-order valence-electron chi connectivity index (χ0n) is 11.6. The fraction of sp³-hybridized carbons (Fsp3) is 0.235. The van der Waals surface area contributed by atoms with Crippen LogP contribution in [0, 0.1) is 12.8 Å². The lowest BCUT2D eigenvalue weighted by molar-refractivity contribution is -0.118. The van der Waals surface area contributed by atoms with Crippen LogP contribution < -0.4 is 5.32 Å². The first-order valence-electron chi connectivity index (χ1n) is 6.55. The Morgan fingerprint density at radius 2 is 1.74 bits per heavy atom. The number of aryl methyl sites for hydroxylation is 1. The standard InChI is InChI=1S/C17H19NO/c1-12(2)17(19)18-15-10-9-13(3)16(11-15)14-7-5-4-6-8-14/h4-12H,1-3H3,(H,18,19). The second-order valence-corrected chi connectivity index (χ2v) is 5.04. The van der Waals surface area contributed by atoms with Crippen molar-refractivity contribution >= 4 is 11.6 Å². The van der Waals surface area contributed by atoms with E-state index < -0.39 is 0 Å². The molecule has 0 fully saturated rings. The van der Waals surface area contributed by atoms with Crippen LogP contribution in [-0.2, 0) is 4.79 Å². The number of carbonyl (C=O) groups excluding carboxylic acids is 1. The lowest BCUT2D eigenvalue weighted by atomic mass is 10.00. The molecule has 98 valence electrons. The van der Waals surface area contributed by atoms with Gasteiger partial charge in [0, 0.05) is 11.6 Å². The summed E-state index contributed by atoms with van der Waals surface area (Å²) < 4.78 is 0. The van der Waals surface area contributed by atoms with Gasteiger partial charge in [0.05, 0.1) is 0 Å². The summed E-state index contributed by atoms with van der Waals surface area (Å²) in [5.41, 5.74) is 4.37. The van der Waals surface area contributed by atoms with Gasteiger partial charge in [-0.25, -0.2) is 0 Å². The highest BCUT2D eigenvalue weighted by Crippen LogP contribution is 2.26. The summed E-state index contributed by atoms with van der Waals surface area (Å²) in [5, 5.41) is 2.94. The fourth-order valence-electron chi connectivity index (χ4n) is 1.92. The number of nitrogens with one attached hydrogen (secondary N) is 1. The summed E-state index contributed by atoms with van der Waals surface area (Å²) in [6.45, 7) is 5.86. The van der Waals surface area contributed by atoms with Crippen molar-refractivity contribution in [2.75, 3.05) is 5.32 Å². The van der Waals surface area contributed by atoms with Crippen LogP contribution in [0.3, 0.4) is 0 Å². The van der Waals surface area contributed by atoms with Crippen LogP contribution in [0.4, 0.5) is 5.69 Å². The highest BCUT2D eigenvalue weighted by molar-refractivity contribution is 5.93. The molecule has 19 heavy (non-hydrogen) atoms. The maximum Gasteiger partial charge on any atom is 0.226 e. The maximum atomic E-state index is 11.7. The van der Waals surface area contributed by atoms with Gasteiger partial charge in [0.25, 0.3) is 0 Å². The molecule has 0 aliphatic carbocycles. The van der Waals surface area contributed by atoms with Gasteiger partial charge in [-0.15, -0.1) is 0 Å². The summed E-state index contributed by atoms with van der Waals surface area (Å²) >= 11 is 0. The number of benzene rings is 2. The predicted molar refractivity (Wildman–Crippen MR) is 80.1 cm³/mol. The van der Waals surface area contributed by atoms with E-state index in [-0.39, 0.29) is 11.8 Å². The van der Waals surface area contributed by atoms with Crippen molar-refractivity contribution in [2.24, 2.45) is 5.92 Å². The molecule has 0 aromatic heterocycles. The zero-order chi connectivity index (χ0) is 13.8. The summed E-state index contributed by atoms with van der Waals surface area (Å²) in [7, 11) is 0. The van der Waals surface area contributed by atoms with Crippen LogP contribution >= 0.6 is 0 Å². The van der Waals surface area contributed by atoms with Crippen molar-refractivity contribution < 1.29 is 4.79 Å². The van der Waals surface area contributed by atoms with E-state index in [2.05, 4.69) is 24.4 Å². The van der Waals surface area contributed by atoms with Crippen LogP contribution in [0.15, 0.2) is 48.5 Å². The topological polar surface area (TPSA) is 29.1 Å². The monoisotopic (exact) mass is 253 g/mol. The quantitative estimate of drug-likeness (QED) is 0.870. The number of rotatable bonds is 3. The number of hydrogen-bond donors (Lipinski definition) is 1. The lowest BCUT2D eigenvalue weighted by Crippen LogP contribution is -2.17. The number of anilines is 1. The van der Waals surface area contributed by atoms with Gasteiger partial charge in [-0.2, -0.15) is 0 Å². The minimum atomic E-state index is -0.0125. The van der Waals surface area contributed by atoms with Gasteiger partial charge < -0.3 is 5.32 Å². The molecule has 0 atom stereocenters. The number of amides is 1. The Hall–Kier alpha value is -2.09. The first kappa shape index (κ1) is 13.3. The molecule has 1 N–H and O–H groups in total. The third-order valence-corrected chi connectivity index (χ3v) is 3.11. The Morgan fingerprint density at radius 3 is 2.37 bits per heavy atom. The van der Waals surface area contributed by atoms with Crippen molar-refractivity contribution in [3.8, 4) is 11.1 Å². The molecule has 0 spiro atoms. The van der Waals surface area contributed by atoms with Crippen LogP contribution in [-0.4, -0.2) is 5.91 Å². The van der Waals surface area contributed by atoms with Crippen molar-refractivity contribution in [1.82, 2.24) is 0 Å². The second kappa shape index (κ2) is 5.70. The summed E-state index contributed by atoms with van der Waals surface area (Å²) in [5.74, 6) is 0.0318. The van der Waals surface area contributed by atoms with Gasteiger partial charge in [0.2, 0.25) is 5.91 Å². The zero-order valence-corrected chi connectivity index (χ0v) is 11.6.